The smallest absolute Gasteiger partial charge is 0.216 e. The minimum atomic E-state index is 0.168. The maximum atomic E-state index is 6.89. The lowest BCUT2D eigenvalue weighted by molar-refractivity contribution is -0.660. The van der Waals surface area contributed by atoms with Crippen LogP contribution in [0.4, 0.5) is 0 Å². The number of aromatic nitrogens is 1. The molecular formula is C31H28NO+. The first kappa shape index (κ1) is 19.1. The highest BCUT2D eigenvalue weighted by molar-refractivity contribution is 6.14. The predicted octanol–water partition coefficient (Wildman–Crippen LogP) is 7.53. The molecule has 0 radical (unpaired) electrons. The molecule has 2 aliphatic carbocycles. The van der Waals surface area contributed by atoms with Crippen LogP contribution in [0.1, 0.15) is 47.9 Å². The SMILES string of the molecule is Cc1ccc(-c2c(C)ccc3c2oc2c4c(ccc23)C2(CCCC2)c2ccccc2-4)[n+](C)c1. The van der Waals surface area contributed by atoms with E-state index in [1.807, 2.05) is 0 Å². The van der Waals surface area contributed by atoms with Crippen molar-refractivity contribution in [3.8, 4) is 22.4 Å². The predicted molar refractivity (Wildman–Crippen MR) is 134 cm³/mol. The number of hydrogen-bond acceptors (Lipinski definition) is 1. The Morgan fingerprint density at radius 3 is 2.27 bits per heavy atom. The number of fused-ring (bicyclic) bond motifs is 9. The molecule has 33 heavy (non-hydrogen) atoms. The maximum Gasteiger partial charge on any atom is 0.216 e. The van der Waals surface area contributed by atoms with Gasteiger partial charge >= 0.3 is 0 Å². The van der Waals surface area contributed by atoms with Gasteiger partial charge in [0.25, 0.3) is 0 Å². The van der Waals surface area contributed by atoms with Gasteiger partial charge in [0.2, 0.25) is 5.69 Å². The zero-order valence-electron chi connectivity index (χ0n) is 19.5. The van der Waals surface area contributed by atoms with Gasteiger partial charge in [-0.15, -0.1) is 0 Å². The van der Waals surface area contributed by atoms with Crippen LogP contribution in [0.15, 0.2) is 71.3 Å². The van der Waals surface area contributed by atoms with Gasteiger partial charge in [-0.3, -0.25) is 0 Å². The Labute approximate surface area is 194 Å². The average molecular weight is 431 g/mol. The molecule has 3 aromatic carbocycles. The molecular weight excluding hydrogens is 402 g/mol. The van der Waals surface area contributed by atoms with Gasteiger partial charge in [-0.2, -0.15) is 0 Å². The largest absolute Gasteiger partial charge is 0.454 e. The third-order valence-corrected chi connectivity index (χ3v) is 8.24. The van der Waals surface area contributed by atoms with E-state index in [1.54, 1.807) is 0 Å². The van der Waals surface area contributed by atoms with Crippen molar-refractivity contribution in [1.29, 1.82) is 0 Å². The molecule has 1 spiro atoms. The first-order valence-corrected chi connectivity index (χ1v) is 12.1. The van der Waals surface area contributed by atoms with E-state index in [2.05, 4.69) is 92.3 Å². The van der Waals surface area contributed by atoms with E-state index in [-0.39, 0.29) is 5.41 Å². The fourth-order valence-corrected chi connectivity index (χ4v) is 6.77. The third-order valence-electron chi connectivity index (χ3n) is 8.24. The number of rotatable bonds is 1. The Morgan fingerprint density at radius 2 is 1.48 bits per heavy atom. The monoisotopic (exact) mass is 430 g/mol. The Balaban J connectivity index is 1.59. The Kier molecular flexibility index (Phi) is 3.81. The summed E-state index contributed by atoms with van der Waals surface area (Å²) in [6.07, 6.45) is 7.28. The van der Waals surface area contributed by atoms with E-state index in [1.165, 1.54) is 81.1 Å². The van der Waals surface area contributed by atoms with Crippen LogP contribution < -0.4 is 4.57 Å². The molecule has 1 saturated carbocycles. The van der Waals surface area contributed by atoms with Gasteiger partial charge in [-0.25, -0.2) is 4.57 Å². The van der Waals surface area contributed by atoms with Crippen LogP contribution in [-0.4, -0.2) is 0 Å². The standard InChI is InChI=1S/C31H28NO/c1-19-10-15-26(32(3)18-19)27-20(2)11-12-21-22-13-14-25-28(30(22)33-29(21)27)23-8-4-5-9-24(23)31(25)16-6-7-17-31/h4-5,8-15,18H,6-7,16-17H2,1-3H3/q+1. The molecule has 0 aliphatic heterocycles. The lowest BCUT2D eigenvalue weighted by Gasteiger charge is -2.26. The van der Waals surface area contributed by atoms with Gasteiger partial charge in [0.05, 0.1) is 5.56 Å². The molecule has 162 valence electrons. The lowest BCUT2D eigenvalue weighted by atomic mass is 9.77. The third kappa shape index (κ3) is 2.41. The summed E-state index contributed by atoms with van der Waals surface area (Å²) in [6.45, 7) is 4.33. The van der Waals surface area contributed by atoms with Crippen LogP contribution in [0.2, 0.25) is 0 Å². The summed E-state index contributed by atoms with van der Waals surface area (Å²) in [4.78, 5) is 0. The highest BCUT2D eigenvalue weighted by Crippen LogP contribution is 2.59. The average Bonchev–Trinajstić information content (AvgIpc) is 3.51. The van der Waals surface area contributed by atoms with Crippen molar-refractivity contribution in [2.24, 2.45) is 7.05 Å². The molecule has 0 amide bonds. The summed E-state index contributed by atoms with van der Waals surface area (Å²) < 4.78 is 9.11. The van der Waals surface area contributed by atoms with Crippen molar-refractivity contribution in [2.75, 3.05) is 0 Å². The molecule has 0 saturated heterocycles. The lowest BCUT2D eigenvalue weighted by Crippen LogP contribution is -2.31. The van der Waals surface area contributed by atoms with Crippen LogP contribution in [0.25, 0.3) is 44.3 Å². The van der Waals surface area contributed by atoms with Crippen LogP contribution in [0, 0.1) is 13.8 Å². The van der Waals surface area contributed by atoms with E-state index in [9.17, 15) is 0 Å². The Hall–Kier alpha value is -3.39. The molecule has 2 aliphatic rings. The van der Waals surface area contributed by atoms with E-state index >= 15 is 0 Å². The van der Waals surface area contributed by atoms with Crippen molar-refractivity contribution in [2.45, 2.75) is 44.9 Å². The zero-order chi connectivity index (χ0) is 22.3. The fourth-order valence-electron chi connectivity index (χ4n) is 6.77. The first-order chi connectivity index (χ1) is 16.1. The topological polar surface area (TPSA) is 17.0 Å². The minimum Gasteiger partial charge on any atom is -0.454 e. The summed E-state index contributed by atoms with van der Waals surface area (Å²) in [5.41, 5.74) is 12.8. The summed E-state index contributed by atoms with van der Waals surface area (Å²) in [7, 11) is 2.13. The summed E-state index contributed by atoms with van der Waals surface area (Å²) in [6, 6.07) is 22.7. The van der Waals surface area contributed by atoms with Gasteiger partial charge in [0.15, 0.2) is 6.20 Å². The summed E-state index contributed by atoms with van der Waals surface area (Å²) >= 11 is 0. The molecule has 7 rings (SSSR count). The number of nitrogens with zero attached hydrogens (tertiary/aromatic N) is 1. The highest BCUT2D eigenvalue weighted by Gasteiger charge is 2.46. The van der Waals surface area contributed by atoms with Crippen molar-refractivity contribution in [3.63, 3.8) is 0 Å². The maximum absolute atomic E-state index is 6.89. The molecule has 2 nitrogen and oxygen atoms in total. The molecule has 2 aromatic heterocycles. The van der Waals surface area contributed by atoms with Crippen LogP contribution in [0.3, 0.4) is 0 Å². The van der Waals surface area contributed by atoms with Crippen molar-refractivity contribution >= 4 is 21.9 Å². The number of furan rings is 1. The van der Waals surface area contributed by atoms with E-state index in [0.717, 1.165) is 11.2 Å². The minimum absolute atomic E-state index is 0.168. The normalized spacial score (nSPS) is 16.1. The van der Waals surface area contributed by atoms with Gasteiger partial charge < -0.3 is 4.42 Å². The van der Waals surface area contributed by atoms with Crippen LogP contribution in [0.5, 0.6) is 0 Å². The molecule has 0 bridgehead atoms. The fraction of sp³-hybridized carbons (Fsp3) is 0.258. The van der Waals surface area contributed by atoms with Crippen molar-refractivity contribution in [1.82, 2.24) is 0 Å². The Morgan fingerprint density at radius 1 is 0.758 bits per heavy atom. The summed E-state index contributed by atoms with van der Waals surface area (Å²) in [5.74, 6) is 0. The second-order valence-electron chi connectivity index (χ2n) is 10.1. The molecule has 1 fully saturated rings. The second-order valence-corrected chi connectivity index (χ2v) is 10.1. The Bertz CT molecular complexity index is 1600. The van der Waals surface area contributed by atoms with Crippen LogP contribution in [-0.2, 0) is 12.5 Å². The number of pyridine rings is 1. The van der Waals surface area contributed by atoms with Gasteiger partial charge in [-0.05, 0) is 55.0 Å². The summed E-state index contributed by atoms with van der Waals surface area (Å²) in [5, 5.41) is 2.43. The molecule has 5 aromatic rings. The second kappa shape index (κ2) is 6.57. The first-order valence-electron chi connectivity index (χ1n) is 12.1. The number of hydrogen-bond donors (Lipinski definition) is 0. The highest BCUT2D eigenvalue weighted by atomic mass is 16.3. The van der Waals surface area contributed by atoms with E-state index < -0.39 is 0 Å². The van der Waals surface area contributed by atoms with Gasteiger partial charge in [0, 0.05) is 33.4 Å². The van der Waals surface area contributed by atoms with Gasteiger partial charge in [0.1, 0.15) is 18.2 Å². The van der Waals surface area contributed by atoms with Crippen molar-refractivity contribution in [3.05, 3.63) is 89.1 Å². The number of aryl methyl sites for hydroxylation is 3. The number of benzene rings is 3. The zero-order valence-corrected chi connectivity index (χ0v) is 19.5. The molecule has 0 unspecified atom stereocenters. The van der Waals surface area contributed by atoms with E-state index in [4.69, 9.17) is 4.42 Å². The molecule has 2 heterocycles. The van der Waals surface area contributed by atoms with Crippen LogP contribution >= 0.6 is 0 Å². The van der Waals surface area contributed by atoms with Crippen molar-refractivity contribution < 1.29 is 8.98 Å². The molecule has 0 atom stereocenters. The van der Waals surface area contributed by atoms with Gasteiger partial charge in [-0.1, -0.05) is 61.4 Å². The van der Waals surface area contributed by atoms with E-state index in [0.29, 0.717) is 0 Å². The quantitative estimate of drug-likeness (QED) is 0.251. The molecule has 2 heteroatoms. The molecule has 0 N–H and O–H groups in total.